The van der Waals surface area contributed by atoms with Crippen molar-refractivity contribution in [1.29, 1.82) is 0 Å². The third-order valence-corrected chi connectivity index (χ3v) is 8.36. The van der Waals surface area contributed by atoms with Gasteiger partial charge in [-0.15, -0.1) is 0 Å². The van der Waals surface area contributed by atoms with Crippen molar-refractivity contribution in [1.82, 2.24) is 4.31 Å². The van der Waals surface area contributed by atoms with E-state index < -0.39 is 10.0 Å². The summed E-state index contributed by atoms with van der Waals surface area (Å²) in [6.07, 6.45) is 0.710. The number of hydrogen-bond acceptors (Lipinski definition) is 3. The van der Waals surface area contributed by atoms with Crippen molar-refractivity contribution in [3.8, 4) is 0 Å². The average molecular weight is 568 g/mol. The molecule has 0 saturated heterocycles. The van der Waals surface area contributed by atoms with Crippen LogP contribution in [0.15, 0.2) is 76.1 Å². The zero-order valence-electron chi connectivity index (χ0n) is 17.7. The number of amides is 1. The van der Waals surface area contributed by atoms with Gasteiger partial charge in [-0.05, 0) is 79.1 Å². The van der Waals surface area contributed by atoms with Crippen LogP contribution < -0.4 is 4.90 Å². The first-order valence-electron chi connectivity index (χ1n) is 10.3. The third-order valence-electron chi connectivity index (χ3n) is 5.56. The molecule has 33 heavy (non-hydrogen) atoms. The molecule has 3 aromatic rings. The van der Waals surface area contributed by atoms with E-state index >= 15 is 0 Å². The minimum absolute atomic E-state index is 0.0310. The lowest BCUT2D eigenvalue weighted by Crippen LogP contribution is -2.44. The number of sulfonamides is 1. The van der Waals surface area contributed by atoms with E-state index in [9.17, 15) is 13.2 Å². The van der Waals surface area contributed by atoms with E-state index in [1.165, 1.54) is 28.6 Å². The van der Waals surface area contributed by atoms with Crippen LogP contribution in [0.4, 0.5) is 5.69 Å². The molecule has 1 atom stereocenters. The van der Waals surface area contributed by atoms with Gasteiger partial charge in [0, 0.05) is 32.8 Å². The summed E-state index contributed by atoms with van der Waals surface area (Å²) < 4.78 is 29.2. The Morgan fingerprint density at radius 1 is 1.03 bits per heavy atom. The molecule has 0 radical (unpaired) electrons. The first kappa shape index (κ1) is 24.2. The molecule has 1 heterocycles. The molecule has 0 bridgehead atoms. The number of halogens is 3. The fraction of sp³-hybridized carbons (Fsp3) is 0.208. The summed E-state index contributed by atoms with van der Waals surface area (Å²) in [5.74, 6) is -0.282. The van der Waals surface area contributed by atoms with Crippen molar-refractivity contribution in [2.24, 2.45) is 0 Å². The smallest absolute Gasteiger partial charge is 0.243 e. The van der Waals surface area contributed by atoms with Gasteiger partial charge in [0.25, 0.3) is 0 Å². The molecule has 0 spiro atoms. The molecule has 1 aliphatic rings. The Kier molecular flexibility index (Phi) is 7.17. The summed E-state index contributed by atoms with van der Waals surface area (Å²) in [7, 11) is -3.97. The predicted molar refractivity (Wildman–Crippen MR) is 135 cm³/mol. The fourth-order valence-corrected chi connectivity index (χ4v) is 6.02. The summed E-state index contributed by atoms with van der Waals surface area (Å²) >= 11 is 15.4. The first-order valence-corrected chi connectivity index (χ1v) is 13.2. The van der Waals surface area contributed by atoms with Crippen LogP contribution in [0.1, 0.15) is 18.1 Å². The lowest BCUT2D eigenvalue weighted by atomic mass is 10.1. The van der Waals surface area contributed by atoms with Crippen molar-refractivity contribution in [2.45, 2.75) is 30.8 Å². The normalized spacial score (nSPS) is 15.7. The quantitative estimate of drug-likeness (QED) is 0.371. The van der Waals surface area contributed by atoms with E-state index in [0.717, 1.165) is 21.3 Å². The molecular formula is C24H21BrCl2N2O3S. The molecule has 1 unspecified atom stereocenters. The van der Waals surface area contributed by atoms with Gasteiger partial charge >= 0.3 is 0 Å². The minimum atomic E-state index is -3.97. The Morgan fingerprint density at radius 3 is 2.27 bits per heavy atom. The van der Waals surface area contributed by atoms with Crippen LogP contribution in [-0.2, 0) is 27.8 Å². The van der Waals surface area contributed by atoms with Crippen molar-refractivity contribution in [2.75, 3.05) is 11.4 Å². The van der Waals surface area contributed by atoms with E-state index in [-0.39, 0.29) is 29.9 Å². The maximum atomic E-state index is 13.5. The molecule has 9 heteroatoms. The van der Waals surface area contributed by atoms with Gasteiger partial charge in [0.15, 0.2) is 0 Å². The number of benzene rings is 3. The van der Waals surface area contributed by atoms with Gasteiger partial charge in [0.1, 0.15) is 0 Å². The number of hydrogen-bond donors (Lipinski definition) is 0. The van der Waals surface area contributed by atoms with Crippen LogP contribution in [0, 0.1) is 0 Å². The molecule has 0 aromatic heterocycles. The standard InChI is InChI=1S/C24H21BrCl2N2O3S/c1-16-12-18-13-19(25)4-11-23(18)29(16)24(30)15-28(14-17-2-5-20(26)6-3-17)33(31,32)22-9-7-21(27)8-10-22/h2-11,13,16H,12,14-15H2,1H3. The van der Waals surface area contributed by atoms with Crippen molar-refractivity contribution in [3.63, 3.8) is 0 Å². The number of carbonyl (C=O) groups excluding carboxylic acids is 1. The van der Waals surface area contributed by atoms with E-state index in [4.69, 9.17) is 23.2 Å². The van der Waals surface area contributed by atoms with Crippen molar-refractivity contribution >= 4 is 60.7 Å². The van der Waals surface area contributed by atoms with Crippen LogP contribution in [0.2, 0.25) is 10.0 Å². The molecule has 0 saturated carbocycles. The van der Waals surface area contributed by atoms with Gasteiger partial charge in [-0.3, -0.25) is 4.79 Å². The lowest BCUT2D eigenvalue weighted by Gasteiger charge is -2.27. The second-order valence-electron chi connectivity index (χ2n) is 7.94. The Hall–Kier alpha value is -1.90. The largest absolute Gasteiger partial charge is 0.308 e. The van der Waals surface area contributed by atoms with Gasteiger partial charge in [-0.1, -0.05) is 51.3 Å². The van der Waals surface area contributed by atoms with E-state index in [2.05, 4.69) is 15.9 Å². The zero-order valence-corrected chi connectivity index (χ0v) is 21.6. The molecule has 3 aromatic carbocycles. The maximum absolute atomic E-state index is 13.5. The Labute approximate surface area is 212 Å². The highest BCUT2D eigenvalue weighted by atomic mass is 79.9. The minimum Gasteiger partial charge on any atom is -0.308 e. The number of anilines is 1. The van der Waals surface area contributed by atoms with E-state index in [1.807, 2.05) is 25.1 Å². The van der Waals surface area contributed by atoms with E-state index in [0.29, 0.717) is 16.5 Å². The Morgan fingerprint density at radius 2 is 1.64 bits per heavy atom. The maximum Gasteiger partial charge on any atom is 0.243 e. The molecular weight excluding hydrogens is 547 g/mol. The highest BCUT2D eigenvalue weighted by molar-refractivity contribution is 9.10. The van der Waals surface area contributed by atoms with Gasteiger partial charge in [0.2, 0.25) is 15.9 Å². The Balaban J connectivity index is 1.67. The molecule has 0 aliphatic carbocycles. The van der Waals surface area contributed by atoms with Gasteiger partial charge in [0.05, 0.1) is 11.4 Å². The number of rotatable bonds is 6. The van der Waals surface area contributed by atoms with Gasteiger partial charge in [-0.25, -0.2) is 8.42 Å². The monoisotopic (exact) mass is 566 g/mol. The molecule has 0 N–H and O–H groups in total. The van der Waals surface area contributed by atoms with Crippen LogP contribution in [0.5, 0.6) is 0 Å². The third kappa shape index (κ3) is 5.28. The number of fused-ring (bicyclic) bond motifs is 1. The van der Waals surface area contributed by atoms with Gasteiger partial charge in [-0.2, -0.15) is 4.31 Å². The Bertz CT molecular complexity index is 1280. The van der Waals surface area contributed by atoms with Crippen LogP contribution in [0.25, 0.3) is 0 Å². The topological polar surface area (TPSA) is 57.7 Å². The molecule has 0 fully saturated rings. The summed E-state index contributed by atoms with van der Waals surface area (Å²) in [5, 5.41) is 0.985. The predicted octanol–water partition coefficient (Wildman–Crippen LogP) is 5.92. The van der Waals surface area contributed by atoms with Crippen molar-refractivity contribution in [3.05, 3.63) is 92.4 Å². The molecule has 1 aliphatic heterocycles. The summed E-state index contributed by atoms with van der Waals surface area (Å²) in [6.45, 7) is 1.69. The molecule has 5 nitrogen and oxygen atoms in total. The highest BCUT2D eigenvalue weighted by Gasteiger charge is 2.34. The van der Waals surface area contributed by atoms with Gasteiger partial charge < -0.3 is 4.90 Å². The zero-order chi connectivity index (χ0) is 23.8. The lowest BCUT2D eigenvalue weighted by molar-refractivity contribution is -0.119. The fourth-order valence-electron chi connectivity index (χ4n) is 3.98. The second-order valence-corrected chi connectivity index (χ2v) is 11.7. The summed E-state index contributed by atoms with van der Waals surface area (Å²) in [5.41, 5.74) is 2.59. The van der Waals surface area contributed by atoms with Crippen LogP contribution in [-0.4, -0.2) is 31.2 Å². The SMILES string of the molecule is CC1Cc2cc(Br)ccc2N1C(=O)CN(Cc1ccc(Cl)cc1)S(=O)(=O)c1ccc(Cl)cc1. The summed E-state index contributed by atoms with van der Waals surface area (Å²) in [6, 6.07) is 18.5. The molecule has 1 amide bonds. The van der Waals surface area contributed by atoms with Crippen molar-refractivity contribution < 1.29 is 13.2 Å². The molecule has 172 valence electrons. The number of nitrogens with zero attached hydrogens (tertiary/aromatic N) is 2. The number of carbonyl (C=O) groups is 1. The highest BCUT2D eigenvalue weighted by Crippen LogP contribution is 2.34. The van der Waals surface area contributed by atoms with Crippen LogP contribution in [0.3, 0.4) is 0 Å². The average Bonchev–Trinajstić information content (AvgIpc) is 3.09. The molecule has 4 rings (SSSR count). The summed E-state index contributed by atoms with van der Waals surface area (Å²) in [4.78, 5) is 15.2. The second kappa shape index (κ2) is 9.76. The van der Waals surface area contributed by atoms with E-state index in [1.54, 1.807) is 29.2 Å². The first-order chi connectivity index (χ1) is 15.6. The van der Waals surface area contributed by atoms with Crippen LogP contribution >= 0.6 is 39.1 Å².